The molecule has 6 heteroatoms. The van der Waals surface area contributed by atoms with E-state index in [-0.39, 0.29) is 6.04 Å². The molecule has 6 nitrogen and oxygen atoms in total. The van der Waals surface area contributed by atoms with Gasteiger partial charge in [-0.15, -0.1) is 0 Å². The third-order valence-corrected chi connectivity index (χ3v) is 5.68. The van der Waals surface area contributed by atoms with Gasteiger partial charge in [0.25, 0.3) is 0 Å². The number of hydrogen-bond acceptors (Lipinski definition) is 4. The lowest BCUT2D eigenvalue weighted by Gasteiger charge is -2.30. The summed E-state index contributed by atoms with van der Waals surface area (Å²) in [6, 6.07) is 6.04. The van der Waals surface area contributed by atoms with Gasteiger partial charge in [-0.2, -0.15) is 0 Å². The molecule has 0 bridgehead atoms. The highest BCUT2D eigenvalue weighted by Crippen LogP contribution is 2.36. The molecule has 1 fully saturated rings. The first kappa shape index (κ1) is 17.7. The molecular weight excluding hydrogens is 342 g/mol. The molecule has 0 unspecified atom stereocenters. The number of benzene rings is 1. The Labute approximate surface area is 157 Å². The van der Waals surface area contributed by atoms with Crippen molar-refractivity contribution in [3.8, 4) is 11.3 Å². The van der Waals surface area contributed by atoms with Crippen LogP contribution in [0.2, 0.25) is 0 Å². The quantitative estimate of drug-likeness (QED) is 0.753. The van der Waals surface area contributed by atoms with Crippen LogP contribution in [-0.4, -0.2) is 38.8 Å². The summed E-state index contributed by atoms with van der Waals surface area (Å²) in [5.74, 6) is -0.419. The summed E-state index contributed by atoms with van der Waals surface area (Å²) in [5, 5.41) is 10.6. The molecule has 1 aromatic carbocycles. The number of hydrogen-bond donors (Lipinski definition) is 1. The van der Waals surface area contributed by atoms with Crippen LogP contribution in [0.15, 0.2) is 36.8 Å². The minimum absolute atomic E-state index is 0.196. The molecule has 0 spiro atoms. The van der Waals surface area contributed by atoms with Gasteiger partial charge in [0.05, 0.1) is 23.0 Å². The lowest BCUT2D eigenvalue weighted by molar-refractivity contribution is 0.0516. The highest BCUT2D eigenvalue weighted by Gasteiger charge is 2.27. The van der Waals surface area contributed by atoms with Crippen molar-refractivity contribution in [2.75, 3.05) is 13.2 Å². The van der Waals surface area contributed by atoms with Crippen LogP contribution in [0.4, 0.5) is 0 Å². The van der Waals surface area contributed by atoms with Crippen LogP contribution in [0.3, 0.4) is 0 Å². The Balaban J connectivity index is 1.89. The topological polar surface area (TPSA) is 77.2 Å². The number of nitrogens with zero attached hydrogens (tertiary/aromatic N) is 3. The van der Waals surface area contributed by atoms with E-state index in [0.29, 0.717) is 11.5 Å². The van der Waals surface area contributed by atoms with E-state index in [0.717, 1.165) is 53.9 Å². The number of aromatic carboxylic acids is 1. The van der Waals surface area contributed by atoms with E-state index in [1.807, 2.05) is 25.1 Å². The molecule has 1 aliphatic rings. The van der Waals surface area contributed by atoms with Gasteiger partial charge in [0.15, 0.2) is 0 Å². The van der Waals surface area contributed by atoms with Crippen molar-refractivity contribution in [1.82, 2.24) is 14.5 Å². The van der Waals surface area contributed by atoms with Crippen molar-refractivity contribution in [3.63, 3.8) is 0 Å². The molecule has 27 heavy (non-hydrogen) atoms. The lowest BCUT2D eigenvalue weighted by atomic mass is 9.92. The Kier molecular flexibility index (Phi) is 4.66. The zero-order valence-electron chi connectivity index (χ0n) is 15.6. The van der Waals surface area contributed by atoms with Gasteiger partial charge in [-0.25, -0.2) is 4.79 Å². The molecule has 0 radical (unpaired) electrons. The van der Waals surface area contributed by atoms with Crippen LogP contribution >= 0.6 is 0 Å². The fraction of sp³-hybridized carbons (Fsp3) is 0.381. The molecule has 140 valence electrons. The summed E-state index contributed by atoms with van der Waals surface area (Å²) in [7, 11) is 0. The van der Waals surface area contributed by atoms with Gasteiger partial charge in [-0.05, 0) is 38.7 Å². The minimum Gasteiger partial charge on any atom is -0.478 e. The Hall–Kier alpha value is -2.73. The Morgan fingerprint density at radius 1 is 1.30 bits per heavy atom. The van der Waals surface area contributed by atoms with Crippen LogP contribution < -0.4 is 0 Å². The van der Waals surface area contributed by atoms with Crippen LogP contribution in [-0.2, 0) is 4.74 Å². The van der Waals surface area contributed by atoms with Crippen LogP contribution in [0, 0.1) is 12.8 Å². The number of aromatic nitrogens is 3. The summed E-state index contributed by atoms with van der Waals surface area (Å²) in [6.07, 6.45) is 7.02. The van der Waals surface area contributed by atoms with Crippen molar-refractivity contribution < 1.29 is 14.6 Å². The van der Waals surface area contributed by atoms with Crippen molar-refractivity contribution in [2.45, 2.75) is 32.7 Å². The minimum atomic E-state index is -0.886. The second-order valence-corrected chi connectivity index (χ2v) is 7.15. The van der Waals surface area contributed by atoms with E-state index in [2.05, 4.69) is 21.5 Å². The molecular formula is C21H23N3O3. The summed E-state index contributed by atoms with van der Waals surface area (Å²) >= 11 is 0. The van der Waals surface area contributed by atoms with E-state index < -0.39 is 5.97 Å². The second kappa shape index (κ2) is 7.12. The van der Waals surface area contributed by atoms with Crippen LogP contribution in [0.25, 0.3) is 22.2 Å². The standard InChI is InChI=1S/C21H23N3O3/c1-13(15-5-9-27-10-6-15)24-14(2)20(21(25)26)17-4-3-16(11-19(17)24)18-12-22-7-8-23-18/h3-4,7-8,11-13,15H,5-6,9-10H2,1-2H3,(H,25,26)/t13-/m0/s1. The number of fused-ring (bicyclic) bond motifs is 1. The third kappa shape index (κ3) is 3.10. The first-order chi connectivity index (χ1) is 13.1. The Bertz CT molecular complexity index is 975. The smallest absolute Gasteiger partial charge is 0.338 e. The number of carbonyl (C=O) groups is 1. The van der Waals surface area contributed by atoms with E-state index in [4.69, 9.17) is 4.74 Å². The predicted octanol–water partition coefficient (Wildman–Crippen LogP) is 4.09. The average molecular weight is 365 g/mol. The maximum atomic E-state index is 11.9. The molecule has 3 heterocycles. The molecule has 1 aliphatic heterocycles. The fourth-order valence-electron chi connectivity index (χ4n) is 4.25. The summed E-state index contributed by atoms with van der Waals surface area (Å²) in [6.45, 7) is 5.62. The van der Waals surface area contributed by atoms with Crippen molar-refractivity contribution in [2.24, 2.45) is 5.92 Å². The van der Waals surface area contributed by atoms with Crippen molar-refractivity contribution >= 4 is 16.9 Å². The summed E-state index contributed by atoms with van der Waals surface area (Å²) < 4.78 is 7.69. The Morgan fingerprint density at radius 2 is 2.07 bits per heavy atom. The van der Waals surface area contributed by atoms with E-state index >= 15 is 0 Å². The summed E-state index contributed by atoms with van der Waals surface area (Å²) in [4.78, 5) is 20.5. The maximum Gasteiger partial charge on any atom is 0.338 e. The van der Waals surface area contributed by atoms with E-state index in [1.165, 1.54) is 0 Å². The molecule has 1 N–H and O–H groups in total. The van der Waals surface area contributed by atoms with Gasteiger partial charge in [0.1, 0.15) is 0 Å². The van der Waals surface area contributed by atoms with Crippen LogP contribution in [0.5, 0.6) is 0 Å². The molecule has 1 atom stereocenters. The molecule has 2 aromatic heterocycles. The number of ether oxygens (including phenoxy) is 1. The SMILES string of the molecule is Cc1c(C(=O)O)c2ccc(-c3cnccn3)cc2n1[C@@H](C)C1CCOCC1. The first-order valence-corrected chi connectivity index (χ1v) is 9.30. The van der Waals surface area contributed by atoms with Gasteiger partial charge in [-0.3, -0.25) is 9.97 Å². The molecule has 0 aliphatic carbocycles. The Morgan fingerprint density at radius 3 is 2.74 bits per heavy atom. The normalized spacial score (nSPS) is 16.5. The van der Waals surface area contributed by atoms with Gasteiger partial charge in [0, 0.05) is 48.3 Å². The summed E-state index contributed by atoms with van der Waals surface area (Å²) in [5.41, 5.74) is 3.83. The van der Waals surface area contributed by atoms with Crippen molar-refractivity contribution in [3.05, 3.63) is 48.0 Å². The number of carboxylic acids is 1. The number of carboxylic acid groups (broad SMARTS) is 1. The largest absolute Gasteiger partial charge is 0.478 e. The monoisotopic (exact) mass is 365 g/mol. The zero-order chi connectivity index (χ0) is 19.0. The molecule has 4 rings (SSSR count). The molecule has 1 saturated heterocycles. The first-order valence-electron chi connectivity index (χ1n) is 9.30. The fourth-order valence-corrected chi connectivity index (χ4v) is 4.25. The van der Waals surface area contributed by atoms with Gasteiger partial charge >= 0.3 is 5.97 Å². The zero-order valence-corrected chi connectivity index (χ0v) is 15.6. The highest BCUT2D eigenvalue weighted by molar-refractivity contribution is 6.06. The third-order valence-electron chi connectivity index (χ3n) is 5.68. The van der Waals surface area contributed by atoms with Crippen LogP contribution in [0.1, 0.15) is 41.9 Å². The maximum absolute atomic E-state index is 11.9. The predicted molar refractivity (Wildman–Crippen MR) is 103 cm³/mol. The second-order valence-electron chi connectivity index (χ2n) is 7.15. The van der Waals surface area contributed by atoms with E-state index in [1.54, 1.807) is 18.6 Å². The lowest BCUT2D eigenvalue weighted by Crippen LogP contribution is -2.24. The van der Waals surface area contributed by atoms with Gasteiger partial charge in [-0.1, -0.05) is 12.1 Å². The molecule has 0 saturated carbocycles. The molecule has 3 aromatic rings. The van der Waals surface area contributed by atoms with E-state index in [9.17, 15) is 9.90 Å². The van der Waals surface area contributed by atoms with Crippen molar-refractivity contribution in [1.29, 1.82) is 0 Å². The number of rotatable bonds is 4. The molecule has 0 amide bonds. The average Bonchev–Trinajstić information content (AvgIpc) is 3.00. The van der Waals surface area contributed by atoms with Gasteiger partial charge in [0.2, 0.25) is 0 Å². The van der Waals surface area contributed by atoms with Gasteiger partial charge < -0.3 is 14.4 Å². The highest BCUT2D eigenvalue weighted by atomic mass is 16.5.